The van der Waals surface area contributed by atoms with Crippen molar-refractivity contribution in [2.24, 2.45) is 0 Å². The van der Waals surface area contributed by atoms with Gasteiger partial charge in [0.1, 0.15) is 0 Å². The molecule has 0 heterocycles. The molecule has 2 aromatic carbocycles. The number of allylic oxidation sites excluding steroid dienone is 7. The first-order valence-electron chi connectivity index (χ1n) is 10.8. The summed E-state index contributed by atoms with van der Waals surface area (Å²) in [6.45, 7) is 29.2. The zero-order chi connectivity index (χ0) is 23.3. The largest absolute Gasteiger partial charge is 0.0998 e. The van der Waals surface area contributed by atoms with E-state index in [2.05, 4.69) is 97.4 Å². The van der Waals surface area contributed by atoms with Gasteiger partial charge in [0.05, 0.1) is 0 Å². The normalized spacial score (nSPS) is 13.6. The van der Waals surface area contributed by atoms with Crippen LogP contribution < -0.4 is 10.4 Å². The third kappa shape index (κ3) is 5.95. The molecule has 0 aliphatic carbocycles. The summed E-state index contributed by atoms with van der Waals surface area (Å²) in [5.74, 6) is 0. The minimum absolute atomic E-state index is 0.908. The molecule has 0 radical (unpaired) electrons. The van der Waals surface area contributed by atoms with Gasteiger partial charge in [-0.15, -0.1) is 0 Å². The lowest BCUT2D eigenvalue weighted by molar-refractivity contribution is 1.22. The molecule has 0 heteroatoms. The molecule has 0 aromatic heterocycles. The molecule has 0 bridgehead atoms. The van der Waals surface area contributed by atoms with Crippen LogP contribution in [0, 0.1) is 24.3 Å². The highest BCUT2D eigenvalue weighted by Crippen LogP contribution is 2.18. The smallest absolute Gasteiger partial charge is 0.00765 e. The van der Waals surface area contributed by atoms with E-state index in [4.69, 9.17) is 0 Å². The summed E-state index contributed by atoms with van der Waals surface area (Å²) < 4.78 is 0. The molecule has 0 nitrogen and oxygen atoms in total. The van der Waals surface area contributed by atoms with Crippen LogP contribution in [-0.2, 0) is 0 Å². The maximum Gasteiger partial charge on any atom is -0.00765 e. The summed E-state index contributed by atoms with van der Waals surface area (Å²) in [6, 6.07) is 8.92. The fourth-order valence-electron chi connectivity index (χ4n) is 3.80. The summed E-state index contributed by atoms with van der Waals surface area (Å²) in [5, 5.41) is 4.73. The first-order chi connectivity index (χ1) is 14.5. The van der Waals surface area contributed by atoms with Crippen molar-refractivity contribution in [3.63, 3.8) is 0 Å². The van der Waals surface area contributed by atoms with Crippen molar-refractivity contribution in [3.05, 3.63) is 117 Å². The Morgan fingerprint density at radius 3 is 2.00 bits per heavy atom. The number of benzene rings is 2. The average molecular weight is 409 g/mol. The summed E-state index contributed by atoms with van der Waals surface area (Å²) in [6.07, 6.45) is 9.37. The highest BCUT2D eigenvalue weighted by atomic mass is 14.1. The molecular formula is C31H36. The van der Waals surface area contributed by atoms with Crippen LogP contribution in [0.15, 0.2) is 73.4 Å². The van der Waals surface area contributed by atoms with Crippen molar-refractivity contribution in [1.29, 1.82) is 0 Å². The number of hydrogen-bond donors (Lipinski definition) is 0. The van der Waals surface area contributed by atoms with E-state index in [1.54, 1.807) is 0 Å². The van der Waals surface area contributed by atoms with Crippen molar-refractivity contribution >= 4 is 23.8 Å². The Balaban J connectivity index is 2.80. The van der Waals surface area contributed by atoms with Gasteiger partial charge in [-0.05, 0) is 114 Å². The van der Waals surface area contributed by atoms with Gasteiger partial charge >= 0.3 is 0 Å². The monoisotopic (exact) mass is 408 g/mol. The highest BCUT2D eigenvalue weighted by Gasteiger charge is 2.05. The molecule has 0 aliphatic heterocycles. The molecule has 0 atom stereocenters. The lowest BCUT2D eigenvalue weighted by Gasteiger charge is -2.09. The fraction of sp³-hybridized carbons (Fsp3) is 0.226. The van der Waals surface area contributed by atoms with Crippen LogP contribution in [0.4, 0.5) is 0 Å². The Bertz CT molecular complexity index is 1310. The van der Waals surface area contributed by atoms with E-state index in [-0.39, 0.29) is 0 Å². The van der Waals surface area contributed by atoms with Crippen molar-refractivity contribution < 1.29 is 0 Å². The maximum atomic E-state index is 4.40. The second-order valence-corrected chi connectivity index (χ2v) is 8.63. The van der Waals surface area contributed by atoms with Crippen molar-refractivity contribution in [1.82, 2.24) is 0 Å². The predicted molar refractivity (Wildman–Crippen MR) is 141 cm³/mol. The molecule has 2 rings (SSSR count). The second-order valence-electron chi connectivity index (χ2n) is 8.63. The maximum absolute atomic E-state index is 4.40. The third-order valence-corrected chi connectivity index (χ3v) is 5.50. The molecule has 0 unspecified atom stereocenters. The van der Waals surface area contributed by atoms with Crippen LogP contribution in [0.25, 0.3) is 23.8 Å². The first kappa shape index (κ1) is 24.2. The van der Waals surface area contributed by atoms with Crippen molar-refractivity contribution in [2.75, 3.05) is 0 Å². The fourth-order valence-corrected chi connectivity index (χ4v) is 3.80. The summed E-state index contributed by atoms with van der Waals surface area (Å²) in [7, 11) is 0. The molecule has 31 heavy (non-hydrogen) atoms. The van der Waals surface area contributed by atoms with Crippen LogP contribution in [0.1, 0.15) is 56.4 Å². The molecular weight excluding hydrogens is 372 g/mol. The predicted octanol–water partition coefficient (Wildman–Crippen LogP) is 7.32. The van der Waals surface area contributed by atoms with Crippen LogP contribution >= 0.6 is 0 Å². The van der Waals surface area contributed by atoms with Gasteiger partial charge in [0.2, 0.25) is 0 Å². The SMILES string of the molecule is C=C(C)/C=C\C(=C)c1cc(C)/c(=c2\c(C)cc(/C(C)=C/CC(=C)C)cc2=CC)c(=C)c1. The van der Waals surface area contributed by atoms with E-state index in [0.717, 1.165) is 28.3 Å². The van der Waals surface area contributed by atoms with Crippen LogP contribution in [0.2, 0.25) is 0 Å². The Morgan fingerprint density at radius 1 is 0.839 bits per heavy atom. The van der Waals surface area contributed by atoms with Gasteiger partial charge in [0.15, 0.2) is 0 Å². The molecule has 0 spiro atoms. The lowest BCUT2D eigenvalue weighted by Crippen LogP contribution is -2.13. The van der Waals surface area contributed by atoms with Crippen molar-refractivity contribution in [2.45, 2.75) is 48.0 Å². The van der Waals surface area contributed by atoms with Gasteiger partial charge in [-0.1, -0.05) is 73.9 Å². The topological polar surface area (TPSA) is 0 Å². The Kier molecular flexibility index (Phi) is 8.00. The van der Waals surface area contributed by atoms with Gasteiger partial charge in [-0.2, -0.15) is 0 Å². The summed E-state index contributed by atoms with van der Waals surface area (Å²) in [5.41, 5.74) is 9.25. The zero-order valence-corrected chi connectivity index (χ0v) is 20.2. The third-order valence-electron chi connectivity index (χ3n) is 5.50. The van der Waals surface area contributed by atoms with E-state index in [1.807, 2.05) is 19.1 Å². The van der Waals surface area contributed by atoms with Gasteiger partial charge in [-0.25, -0.2) is 0 Å². The van der Waals surface area contributed by atoms with E-state index in [9.17, 15) is 0 Å². The van der Waals surface area contributed by atoms with Crippen LogP contribution in [-0.4, -0.2) is 0 Å². The highest BCUT2D eigenvalue weighted by molar-refractivity contribution is 5.73. The number of aryl methyl sites for hydroxylation is 2. The van der Waals surface area contributed by atoms with E-state index >= 15 is 0 Å². The number of rotatable bonds is 6. The molecule has 0 N–H and O–H groups in total. The van der Waals surface area contributed by atoms with Crippen molar-refractivity contribution in [3.8, 4) is 0 Å². The summed E-state index contributed by atoms with van der Waals surface area (Å²) in [4.78, 5) is 0. The average Bonchev–Trinajstić information content (AvgIpc) is 2.70. The zero-order valence-electron chi connectivity index (χ0n) is 20.2. The minimum Gasteiger partial charge on any atom is -0.0998 e. The molecule has 2 aromatic rings. The first-order valence-corrected chi connectivity index (χ1v) is 10.8. The Labute approximate surface area is 188 Å². The molecule has 0 fully saturated rings. The van der Waals surface area contributed by atoms with E-state index in [0.29, 0.717) is 0 Å². The Hall–Kier alpha value is -3.12. The molecule has 160 valence electrons. The van der Waals surface area contributed by atoms with Gasteiger partial charge < -0.3 is 0 Å². The van der Waals surface area contributed by atoms with Gasteiger partial charge in [-0.3, -0.25) is 0 Å². The molecule has 0 aliphatic rings. The number of hydrogen-bond acceptors (Lipinski definition) is 0. The standard InChI is InChI=1S/C31H36/c1-11-27-19-29(23(7)15-13-21(4)5)18-26(10)31(27)30-24(8)16-28(17-25(30)9)22(6)14-12-20(2)3/h11-12,14-19H,2,4,6,8,13H2,1,3,5,7,9-10H3/b14-12-,23-15+,27-11?,31-30+. The Morgan fingerprint density at radius 2 is 1.45 bits per heavy atom. The molecule has 0 saturated heterocycles. The van der Waals surface area contributed by atoms with Crippen LogP contribution in [0.5, 0.6) is 0 Å². The minimum atomic E-state index is 0.908. The van der Waals surface area contributed by atoms with E-state index in [1.165, 1.54) is 43.5 Å². The lowest BCUT2D eigenvalue weighted by atomic mass is 9.95. The van der Waals surface area contributed by atoms with Gasteiger partial charge in [0, 0.05) is 0 Å². The molecule has 0 amide bonds. The van der Waals surface area contributed by atoms with Crippen LogP contribution in [0.3, 0.4) is 0 Å². The van der Waals surface area contributed by atoms with Gasteiger partial charge in [0.25, 0.3) is 0 Å². The quantitative estimate of drug-likeness (QED) is 0.347. The van der Waals surface area contributed by atoms with E-state index < -0.39 is 0 Å². The molecule has 0 saturated carbocycles. The second kappa shape index (κ2) is 10.3. The summed E-state index contributed by atoms with van der Waals surface area (Å²) >= 11 is 0.